The van der Waals surface area contributed by atoms with Crippen molar-refractivity contribution in [3.05, 3.63) is 0 Å². The first-order valence-electron chi connectivity index (χ1n) is 6.92. The van der Waals surface area contributed by atoms with Gasteiger partial charge in [0, 0.05) is 4.75 Å². The minimum atomic E-state index is -1.39. The SMILES string of the molecule is C[C@H](OC(=O)[C@@H](N)[C@@H](C)OC(=O)[C@H](N)C(C)(C)S)[C@@H](N)C(=O)O. The van der Waals surface area contributed by atoms with E-state index in [9.17, 15) is 14.4 Å². The summed E-state index contributed by atoms with van der Waals surface area (Å²) >= 11 is 4.17. The van der Waals surface area contributed by atoms with Crippen LogP contribution in [0.1, 0.15) is 27.7 Å². The molecule has 0 spiro atoms. The van der Waals surface area contributed by atoms with Crippen LogP contribution in [0, 0.1) is 0 Å². The van der Waals surface area contributed by atoms with Crippen LogP contribution in [0.4, 0.5) is 0 Å². The molecule has 0 saturated heterocycles. The van der Waals surface area contributed by atoms with Crippen molar-refractivity contribution in [3.63, 3.8) is 0 Å². The Hall–Kier alpha value is -1.36. The number of carbonyl (C=O) groups is 3. The van der Waals surface area contributed by atoms with Crippen LogP contribution in [0.3, 0.4) is 0 Å². The van der Waals surface area contributed by atoms with Crippen LogP contribution in [-0.2, 0) is 23.9 Å². The first-order valence-corrected chi connectivity index (χ1v) is 7.36. The van der Waals surface area contributed by atoms with Gasteiger partial charge in [-0.1, -0.05) is 0 Å². The maximum atomic E-state index is 11.8. The van der Waals surface area contributed by atoms with Crippen LogP contribution in [0.15, 0.2) is 0 Å². The molecule has 0 saturated carbocycles. The zero-order chi connectivity index (χ0) is 18.5. The molecule has 0 amide bonds. The maximum Gasteiger partial charge on any atom is 0.327 e. The van der Waals surface area contributed by atoms with E-state index in [4.69, 9.17) is 31.8 Å². The molecule has 0 fully saturated rings. The molecule has 0 aromatic rings. The summed E-state index contributed by atoms with van der Waals surface area (Å²) in [5.74, 6) is -3.02. The first-order chi connectivity index (χ1) is 10.3. The molecule has 0 aliphatic heterocycles. The van der Waals surface area contributed by atoms with Crippen molar-refractivity contribution < 1.29 is 29.0 Å². The van der Waals surface area contributed by atoms with Gasteiger partial charge >= 0.3 is 17.9 Å². The summed E-state index contributed by atoms with van der Waals surface area (Å²) in [5.41, 5.74) is 16.7. The topological polar surface area (TPSA) is 168 Å². The fourth-order valence-corrected chi connectivity index (χ4v) is 1.45. The van der Waals surface area contributed by atoms with Gasteiger partial charge in [0.25, 0.3) is 0 Å². The second-order valence-electron chi connectivity index (χ2n) is 5.81. The van der Waals surface area contributed by atoms with Gasteiger partial charge in [-0.25, -0.2) is 0 Å². The second-order valence-corrected chi connectivity index (χ2v) is 6.96. The number of esters is 2. The number of aliphatic carboxylic acids is 1. The van der Waals surface area contributed by atoms with Crippen LogP contribution in [-0.4, -0.2) is 58.1 Å². The Labute approximate surface area is 140 Å². The molecule has 0 unspecified atom stereocenters. The zero-order valence-electron chi connectivity index (χ0n) is 13.6. The number of thiol groups is 1. The fraction of sp³-hybridized carbons (Fsp3) is 0.769. The molecule has 10 heteroatoms. The summed E-state index contributed by atoms with van der Waals surface area (Å²) in [6, 6.07) is -3.71. The maximum absolute atomic E-state index is 11.8. The molecule has 0 bridgehead atoms. The number of ether oxygens (including phenoxy) is 2. The van der Waals surface area contributed by atoms with E-state index >= 15 is 0 Å². The standard InChI is InChI=1S/C13H25N3O6S/c1-5(7(14)10(17)18)21-11(19)8(15)6(2)22-12(20)9(16)13(3,4)23/h5-9,23H,14-16H2,1-4H3,(H,17,18)/t5-,6+,7+,8-,9-/m0/s1. The summed E-state index contributed by atoms with van der Waals surface area (Å²) in [6.45, 7) is 5.98. The lowest BCUT2D eigenvalue weighted by Gasteiger charge is -2.27. The largest absolute Gasteiger partial charge is 0.480 e. The van der Waals surface area contributed by atoms with Gasteiger partial charge in [0.1, 0.15) is 30.3 Å². The number of carbonyl (C=O) groups excluding carboxylic acids is 2. The molecule has 0 aliphatic rings. The number of carboxylic acids is 1. The van der Waals surface area contributed by atoms with Crippen LogP contribution < -0.4 is 17.2 Å². The summed E-state index contributed by atoms with van der Waals surface area (Å²) in [4.78, 5) is 34.4. The van der Waals surface area contributed by atoms with Gasteiger partial charge in [-0.3, -0.25) is 14.4 Å². The second kappa shape index (κ2) is 8.48. The predicted molar refractivity (Wildman–Crippen MR) is 85.7 cm³/mol. The third kappa shape index (κ3) is 6.73. The van der Waals surface area contributed by atoms with E-state index in [2.05, 4.69) is 12.6 Å². The molecule has 0 aromatic carbocycles. The van der Waals surface area contributed by atoms with Crippen LogP contribution in [0.25, 0.3) is 0 Å². The van der Waals surface area contributed by atoms with E-state index in [1.165, 1.54) is 13.8 Å². The lowest BCUT2D eigenvalue weighted by Crippen LogP contribution is -2.52. The van der Waals surface area contributed by atoms with Gasteiger partial charge in [0.2, 0.25) is 0 Å². The monoisotopic (exact) mass is 351 g/mol. The van der Waals surface area contributed by atoms with Crippen molar-refractivity contribution in [1.29, 1.82) is 0 Å². The number of nitrogens with two attached hydrogens (primary N) is 3. The summed E-state index contributed by atoms with van der Waals surface area (Å²) in [5, 5.41) is 8.73. The van der Waals surface area contributed by atoms with Gasteiger partial charge in [-0.05, 0) is 27.7 Å². The average Bonchev–Trinajstić information content (AvgIpc) is 2.42. The number of carboxylic acid groups (broad SMARTS) is 1. The molecule has 0 radical (unpaired) electrons. The molecular weight excluding hydrogens is 326 g/mol. The van der Waals surface area contributed by atoms with Crippen molar-refractivity contribution in [3.8, 4) is 0 Å². The molecule has 7 N–H and O–H groups in total. The highest BCUT2D eigenvalue weighted by atomic mass is 32.1. The minimum absolute atomic E-state index is 0.768. The average molecular weight is 351 g/mol. The lowest BCUT2D eigenvalue weighted by molar-refractivity contribution is -0.161. The molecule has 134 valence electrons. The summed E-state index contributed by atoms with van der Waals surface area (Å²) in [6.07, 6.45) is -2.11. The van der Waals surface area contributed by atoms with Gasteiger partial charge < -0.3 is 31.8 Å². The molecule has 5 atom stereocenters. The number of rotatable bonds is 8. The van der Waals surface area contributed by atoms with E-state index in [0.29, 0.717) is 0 Å². The van der Waals surface area contributed by atoms with E-state index < -0.39 is 53.0 Å². The highest BCUT2D eigenvalue weighted by Crippen LogP contribution is 2.17. The van der Waals surface area contributed by atoms with Crippen LogP contribution >= 0.6 is 12.6 Å². The van der Waals surface area contributed by atoms with E-state index in [1.807, 2.05) is 0 Å². The van der Waals surface area contributed by atoms with E-state index in [0.717, 1.165) is 0 Å². The molecule has 0 aliphatic carbocycles. The highest BCUT2D eigenvalue weighted by Gasteiger charge is 2.34. The van der Waals surface area contributed by atoms with Crippen molar-refractivity contribution >= 4 is 30.5 Å². The summed E-state index contributed by atoms with van der Waals surface area (Å²) in [7, 11) is 0. The van der Waals surface area contributed by atoms with E-state index in [-0.39, 0.29) is 0 Å². The minimum Gasteiger partial charge on any atom is -0.480 e. The predicted octanol–water partition coefficient (Wildman–Crippen LogP) is -1.38. The van der Waals surface area contributed by atoms with Crippen molar-refractivity contribution in [2.75, 3.05) is 0 Å². The van der Waals surface area contributed by atoms with Crippen molar-refractivity contribution in [2.45, 2.75) is 62.8 Å². The van der Waals surface area contributed by atoms with Crippen molar-refractivity contribution in [1.82, 2.24) is 0 Å². The third-order valence-corrected chi connectivity index (χ3v) is 3.47. The smallest absolute Gasteiger partial charge is 0.327 e. The van der Waals surface area contributed by atoms with Gasteiger partial charge in [0.05, 0.1) is 0 Å². The quantitative estimate of drug-likeness (QED) is 0.261. The highest BCUT2D eigenvalue weighted by molar-refractivity contribution is 7.81. The molecule has 23 heavy (non-hydrogen) atoms. The molecule has 0 rings (SSSR count). The Morgan fingerprint density at radius 2 is 1.35 bits per heavy atom. The Balaban J connectivity index is 4.65. The molecule has 9 nitrogen and oxygen atoms in total. The first kappa shape index (κ1) is 21.6. The molecule has 0 aromatic heterocycles. The zero-order valence-corrected chi connectivity index (χ0v) is 14.4. The fourth-order valence-electron chi connectivity index (χ4n) is 1.35. The summed E-state index contributed by atoms with van der Waals surface area (Å²) < 4.78 is 9.07. The van der Waals surface area contributed by atoms with Crippen LogP contribution in [0.5, 0.6) is 0 Å². The number of hydrogen-bond donors (Lipinski definition) is 5. The van der Waals surface area contributed by atoms with Crippen LogP contribution in [0.2, 0.25) is 0 Å². The number of hydrogen-bond acceptors (Lipinski definition) is 9. The van der Waals surface area contributed by atoms with Gasteiger partial charge in [-0.15, -0.1) is 0 Å². The third-order valence-electron chi connectivity index (χ3n) is 3.19. The van der Waals surface area contributed by atoms with E-state index in [1.54, 1.807) is 13.8 Å². The molecular formula is C13H25N3O6S. The van der Waals surface area contributed by atoms with Crippen molar-refractivity contribution in [2.24, 2.45) is 17.2 Å². The molecule has 0 heterocycles. The lowest BCUT2D eigenvalue weighted by atomic mass is 10.0. The Morgan fingerprint density at radius 1 is 0.957 bits per heavy atom. The van der Waals surface area contributed by atoms with Gasteiger partial charge in [-0.2, -0.15) is 12.6 Å². The normalized spacial score (nSPS) is 18.3. The Morgan fingerprint density at radius 3 is 1.74 bits per heavy atom. The Kier molecular flexibility index (Phi) is 7.98. The van der Waals surface area contributed by atoms with Gasteiger partial charge in [0.15, 0.2) is 0 Å². The Bertz CT molecular complexity index is 453.